The van der Waals surface area contributed by atoms with E-state index in [1.807, 2.05) is 0 Å². The number of ether oxygens (including phenoxy) is 1. The molecule has 22 heavy (non-hydrogen) atoms. The molecule has 0 bridgehead atoms. The standard InChI is InChI=1S/C12H16N6O4/c1-2-21-17-3-6-8(19)9(20)12(22-6)18-5-16-7-10(13)14-4-15-11(7)18/h3-6,8-9,12,19-20H,2H2,1H3,(H2,13,14,15)/b17-3+/t6-,8-,9-,12?/m1/s1. The lowest BCUT2D eigenvalue weighted by Gasteiger charge is -2.16. The van der Waals surface area contributed by atoms with Crippen LogP contribution in [0.1, 0.15) is 13.2 Å². The van der Waals surface area contributed by atoms with E-state index in [2.05, 4.69) is 20.1 Å². The van der Waals surface area contributed by atoms with Crippen molar-refractivity contribution in [2.75, 3.05) is 12.3 Å². The van der Waals surface area contributed by atoms with Gasteiger partial charge in [0, 0.05) is 0 Å². The van der Waals surface area contributed by atoms with Gasteiger partial charge >= 0.3 is 0 Å². The van der Waals surface area contributed by atoms with Gasteiger partial charge in [-0.15, -0.1) is 0 Å². The monoisotopic (exact) mass is 308 g/mol. The van der Waals surface area contributed by atoms with Crippen LogP contribution in [0.3, 0.4) is 0 Å². The van der Waals surface area contributed by atoms with E-state index in [1.165, 1.54) is 23.4 Å². The highest BCUT2D eigenvalue weighted by Crippen LogP contribution is 2.31. The lowest BCUT2D eigenvalue weighted by Crippen LogP contribution is -2.32. The molecule has 1 aliphatic heterocycles. The predicted octanol–water partition coefficient (Wildman–Crippen LogP) is -0.950. The molecule has 4 atom stereocenters. The van der Waals surface area contributed by atoms with Crippen LogP contribution >= 0.6 is 0 Å². The first-order valence-corrected chi connectivity index (χ1v) is 6.73. The Bertz CT molecular complexity index is 689. The maximum atomic E-state index is 10.2. The van der Waals surface area contributed by atoms with Crippen molar-refractivity contribution < 1.29 is 19.8 Å². The summed E-state index contributed by atoms with van der Waals surface area (Å²) in [7, 11) is 0. The van der Waals surface area contributed by atoms with Crippen LogP contribution in [-0.4, -0.2) is 60.9 Å². The second-order valence-corrected chi connectivity index (χ2v) is 4.73. The van der Waals surface area contributed by atoms with Gasteiger partial charge in [0.25, 0.3) is 0 Å². The topological polar surface area (TPSA) is 141 Å². The van der Waals surface area contributed by atoms with Crippen molar-refractivity contribution in [3.63, 3.8) is 0 Å². The molecule has 1 unspecified atom stereocenters. The lowest BCUT2D eigenvalue weighted by molar-refractivity contribution is -0.0216. The molecule has 0 spiro atoms. The van der Waals surface area contributed by atoms with Gasteiger partial charge in [0.05, 0.1) is 12.5 Å². The fourth-order valence-corrected chi connectivity index (χ4v) is 2.27. The second kappa shape index (κ2) is 5.83. The molecule has 3 heterocycles. The Hall–Kier alpha value is -2.30. The number of rotatable bonds is 4. The quantitative estimate of drug-likeness (QED) is 0.485. The average molecular weight is 308 g/mol. The molecule has 0 amide bonds. The Morgan fingerprint density at radius 3 is 3.00 bits per heavy atom. The number of aromatic nitrogens is 4. The Kier molecular flexibility index (Phi) is 3.88. The number of nitrogens with two attached hydrogens (primary N) is 1. The van der Waals surface area contributed by atoms with Gasteiger partial charge < -0.3 is 25.5 Å². The van der Waals surface area contributed by atoms with Crippen molar-refractivity contribution in [2.24, 2.45) is 5.16 Å². The zero-order valence-corrected chi connectivity index (χ0v) is 11.8. The smallest absolute Gasteiger partial charge is 0.167 e. The fourth-order valence-electron chi connectivity index (χ4n) is 2.27. The van der Waals surface area contributed by atoms with E-state index in [4.69, 9.17) is 15.3 Å². The molecule has 1 saturated heterocycles. The Labute approximate surface area is 125 Å². The number of nitrogens with zero attached hydrogens (tertiary/aromatic N) is 5. The first-order valence-electron chi connectivity index (χ1n) is 6.73. The Morgan fingerprint density at radius 2 is 2.23 bits per heavy atom. The average Bonchev–Trinajstić information content (AvgIpc) is 3.05. The van der Waals surface area contributed by atoms with E-state index in [1.54, 1.807) is 6.92 Å². The number of imidazole rings is 1. The van der Waals surface area contributed by atoms with Gasteiger partial charge in [0.1, 0.15) is 36.8 Å². The van der Waals surface area contributed by atoms with Crippen LogP contribution < -0.4 is 5.73 Å². The minimum absolute atomic E-state index is 0.228. The SMILES string of the molecule is CCO/N=C/[C@H]1OC(n2cnc3c(N)ncnc32)[C@H](O)[C@@H]1O. The van der Waals surface area contributed by atoms with E-state index < -0.39 is 24.5 Å². The molecule has 2 aromatic rings. The third-order valence-corrected chi connectivity index (χ3v) is 3.35. The number of aliphatic hydroxyl groups is 2. The molecule has 0 saturated carbocycles. The van der Waals surface area contributed by atoms with Crippen LogP contribution in [0.5, 0.6) is 0 Å². The van der Waals surface area contributed by atoms with E-state index in [0.717, 1.165) is 0 Å². The van der Waals surface area contributed by atoms with Gasteiger partial charge in [-0.05, 0) is 6.92 Å². The first kappa shape index (κ1) is 14.6. The fraction of sp³-hybridized carbons (Fsp3) is 0.500. The van der Waals surface area contributed by atoms with Crippen molar-refractivity contribution in [3.8, 4) is 0 Å². The molecule has 1 aliphatic rings. The number of hydrogen-bond acceptors (Lipinski definition) is 9. The summed E-state index contributed by atoms with van der Waals surface area (Å²) in [5.41, 5.74) is 6.53. The van der Waals surface area contributed by atoms with Crippen LogP contribution in [0.2, 0.25) is 0 Å². The highest BCUT2D eigenvalue weighted by atomic mass is 16.6. The van der Waals surface area contributed by atoms with Gasteiger partial charge in [0.15, 0.2) is 17.7 Å². The zero-order chi connectivity index (χ0) is 15.7. The molecule has 10 heteroatoms. The molecule has 0 aromatic carbocycles. The molecule has 3 rings (SSSR count). The van der Waals surface area contributed by atoms with E-state index in [-0.39, 0.29) is 5.82 Å². The van der Waals surface area contributed by atoms with Crippen LogP contribution in [0.4, 0.5) is 5.82 Å². The molecule has 118 valence electrons. The minimum Gasteiger partial charge on any atom is -0.396 e. The summed E-state index contributed by atoms with van der Waals surface area (Å²) in [4.78, 5) is 16.9. The number of anilines is 1. The van der Waals surface area contributed by atoms with Gasteiger partial charge in [-0.2, -0.15) is 0 Å². The summed E-state index contributed by atoms with van der Waals surface area (Å²) < 4.78 is 7.11. The third-order valence-electron chi connectivity index (χ3n) is 3.35. The normalized spacial score (nSPS) is 28.7. The summed E-state index contributed by atoms with van der Waals surface area (Å²) in [6, 6.07) is 0. The number of oxime groups is 1. The van der Waals surface area contributed by atoms with Crippen LogP contribution in [0, 0.1) is 0 Å². The maximum Gasteiger partial charge on any atom is 0.167 e. The summed E-state index contributed by atoms with van der Waals surface area (Å²) in [5, 5.41) is 23.9. The van der Waals surface area contributed by atoms with Crippen LogP contribution in [-0.2, 0) is 9.57 Å². The van der Waals surface area contributed by atoms with Gasteiger partial charge in [0.2, 0.25) is 0 Å². The molecule has 10 nitrogen and oxygen atoms in total. The number of hydrogen-bond donors (Lipinski definition) is 3. The molecule has 1 fully saturated rings. The Balaban J connectivity index is 1.89. The van der Waals surface area contributed by atoms with Crippen molar-refractivity contribution in [3.05, 3.63) is 12.7 Å². The molecule has 4 N–H and O–H groups in total. The third kappa shape index (κ3) is 2.36. The van der Waals surface area contributed by atoms with Gasteiger partial charge in [-0.3, -0.25) is 4.57 Å². The van der Waals surface area contributed by atoms with Crippen molar-refractivity contribution in [1.29, 1.82) is 0 Å². The predicted molar refractivity (Wildman–Crippen MR) is 75.8 cm³/mol. The maximum absolute atomic E-state index is 10.2. The summed E-state index contributed by atoms with van der Waals surface area (Å²) in [6.45, 7) is 2.18. The second-order valence-electron chi connectivity index (χ2n) is 4.73. The number of fused-ring (bicyclic) bond motifs is 1. The van der Waals surface area contributed by atoms with E-state index in [0.29, 0.717) is 17.8 Å². The van der Waals surface area contributed by atoms with Crippen LogP contribution in [0.25, 0.3) is 11.2 Å². The molecule has 0 radical (unpaired) electrons. The first-order chi connectivity index (χ1) is 10.6. The van der Waals surface area contributed by atoms with Crippen molar-refractivity contribution >= 4 is 23.2 Å². The number of aliphatic hydroxyl groups excluding tert-OH is 2. The van der Waals surface area contributed by atoms with E-state index >= 15 is 0 Å². The Morgan fingerprint density at radius 1 is 1.41 bits per heavy atom. The molecular weight excluding hydrogens is 292 g/mol. The number of nitrogen functional groups attached to an aromatic ring is 1. The van der Waals surface area contributed by atoms with Crippen LogP contribution in [0.15, 0.2) is 17.8 Å². The van der Waals surface area contributed by atoms with Crippen molar-refractivity contribution in [2.45, 2.75) is 31.5 Å². The van der Waals surface area contributed by atoms with Crippen molar-refractivity contribution in [1.82, 2.24) is 19.5 Å². The zero-order valence-electron chi connectivity index (χ0n) is 11.8. The van der Waals surface area contributed by atoms with E-state index in [9.17, 15) is 10.2 Å². The lowest BCUT2D eigenvalue weighted by atomic mass is 10.1. The largest absolute Gasteiger partial charge is 0.396 e. The summed E-state index contributed by atoms with van der Waals surface area (Å²) in [5.74, 6) is 0.228. The summed E-state index contributed by atoms with van der Waals surface area (Å²) >= 11 is 0. The minimum atomic E-state index is -1.17. The highest BCUT2D eigenvalue weighted by molar-refractivity contribution is 5.81. The van der Waals surface area contributed by atoms with Gasteiger partial charge in [-0.25, -0.2) is 15.0 Å². The molecular formula is C12H16N6O4. The highest BCUT2D eigenvalue weighted by Gasteiger charge is 2.43. The molecule has 2 aromatic heterocycles. The molecule has 0 aliphatic carbocycles. The van der Waals surface area contributed by atoms with Gasteiger partial charge in [-0.1, -0.05) is 5.16 Å². The summed E-state index contributed by atoms with van der Waals surface area (Å²) in [6.07, 6.45) is 0.0351.